The lowest BCUT2D eigenvalue weighted by atomic mass is 11.5. The second kappa shape index (κ2) is 24.4. The van der Waals surface area contributed by atoms with Crippen molar-refractivity contribution in [1.82, 2.24) is 11.1 Å². The molecular weight excluding hydrogens is 144 g/mol. The van der Waals surface area contributed by atoms with Crippen molar-refractivity contribution in [3.63, 3.8) is 0 Å². The molecule has 0 bridgehead atoms. The first kappa shape index (κ1) is 16.0. The Bertz CT molecular complexity index is 51.0. The Hall–Kier alpha value is -0.970. The van der Waals surface area contributed by atoms with Gasteiger partial charge in [0.2, 0.25) is 0 Å². The number of nitrogens with two attached hydrogens (primary N) is 4. The van der Waals surface area contributed by atoms with Crippen LogP contribution in [0.15, 0.2) is 0 Å². The first-order chi connectivity index (χ1) is 4.56. The maximum atomic E-state index is 8.56. The van der Waals surface area contributed by atoms with E-state index in [9.17, 15) is 0 Å². The van der Waals surface area contributed by atoms with Crippen LogP contribution in [-0.2, 0) is 0 Å². The molecule has 0 radical (unpaired) electrons. The molecule has 0 saturated heterocycles. The van der Waals surface area contributed by atoms with Crippen LogP contribution < -0.4 is 34.4 Å². The van der Waals surface area contributed by atoms with Gasteiger partial charge in [-0.2, -0.15) is 11.1 Å². The third kappa shape index (κ3) is 272. The van der Waals surface area contributed by atoms with Gasteiger partial charge in [-0.25, -0.2) is 4.79 Å². The molecule has 0 aliphatic rings. The smallest absolute Gasteiger partial charge is 0.450 e. The van der Waals surface area contributed by atoms with Gasteiger partial charge in [-0.3, -0.25) is 23.4 Å². The molecule has 0 aromatic heterocycles. The summed E-state index contributed by atoms with van der Waals surface area (Å²) in [6.45, 7) is 0. The average Bonchev–Trinajstić information content (AvgIpc) is 1.65. The first-order valence-corrected chi connectivity index (χ1v) is 1.81. The standard InChI is InChI=1S/CH2O3.2H5N3/c2-1(3)4;2*1-3-2/h(H2,2,3,4);2*3H,1-2H2. The second-order valence-electron chi connectivity index (χ2n) is 0.616. The highest BCUT2D eigenvalue weighted by molar-refractivity contribution is 5.53. The van der Waals surface area contributed by atoms with E-state index in [0.717, 1.165) is 0 Å². The number of hydrazine groups is 4. The van der Waals surface area contributed by atoms with Crippen LogP contribution in [0.1, 0.15) is 0 Å². The second-order valence-corrected chi connectivity index (χ2v) is 0.616. The van der Waals surface area contributed by atoms with Crippen molar-refractivity contribution in [3.05, 3.63) is 0 Å². The number of hydrogen-bond donors (Lipinski definition) is 8. The zero-order valence-electron chi connectivity index (χ0n) is 5.11. The largest absolute Gasteiger partial charge is 0.503 e. The molecule has 0 aromatic carbocycles. The van der Waals surface area contributed by atoms with E-state index in [1.807, 2.05) is 0 Å². The molecule has 0 unspecified atom stereocenters. The van der Waals surface area contributed by atoms with Gasteiger partial charge in [0, 0.05) is 0 Å². The Morgan fingerprint density at radius 2 is 1.00 bits per heavy atom. The Balaban J connectivity index is -0.0000000750. The lowest BCUT2D eigenvalue weighted by Gasteiger charge is -1.64. The van der Waals surface area contributed by atoms with Crippen LogP contribution in [0.4, 0.5) is 4.79 Å². The van der Waals surface area contributed by atoms with E-state index >= 15 is 0 Å². The summed E-state index contributed by atoms with van der Waals surface area (Å²) in [6, 6.07) is 0. The Morgan fingerprint density at radius 1 is 1.00 bits per heavy atom. The quantitative estimate of drug-likeness (QED) is 0.132. The third-order valence-corrected chi connectivity index (χ3v) is 0. The summed E-state index contributed by atoms with van der Waals surface area (Å²) in [7, 11) is 0. The van der Waals surface area contributed by atoms with Gasteiger partial charge in [0.25, 0.3) is 0 Å². The fourth-order valence-electron chi connectivity index (χ4n) is 0. The molecule has 0 heterocycles. The third-order valence-electron chi connectivity index (χ3n) is 0. The predicted octanol–water partition coefficient (Wildman–Crippen LogP) is -3.13. The van der Waals surface area contributed by atoms with Gasteiger partial charge < -0.3 is 10.2 Å². The highest BCUT2D eigenvalue weighted by atomic mass is 16.6. The molecule has 9 nitrogen and oxygen atoms in total. The maximum absolute atomic E-state index is 8.56. The minimum Gasteiger partial charge on any atom is -0.450 e. The number of rotatable bonds is 0. The predicted molar refractivity (Wildman–Crippen MR) is 33.7 cm³/mol. The van der Waals surface area contributed by atoms with Gasteiger partial charge in [0.1, 0.15) is 0 Å². The van der Waals surface area contributed by atoms with Crippen LogP contribution in [0.25, 0.3) is 0 Å². The van der Waals surface area contributed by atoms with Crippen molar-refractivity contribution in [1.29, 1.82) is 0 Å². The highest BCUT2D eigenvalue weighted by Crippen LogP contribution is 1.42. The summed E-state index contributed by atoms with van der Waals surface area (Å²) in [6.07, 6.45) is -1.83. The van der Waals surface area contributed by atoms with Crippen molar-refractivity contribution in [2.75, 3.05) is 0 Å². The summed E-state index contributed by atoms with van der Waals surface area (Å²) in [5.74, 6) is 17.5. The monoisotopic (exact) mass is 156 g/mol. The van der Waals surface area contributed by atoms with E-state index in [4.69, 9.17) is 15.0 Å². The molecule has 0 fully saturated rings. The highest BCUT2D eigenvalue weighted by Gasteiger charge is 1.70. The van der Waals surface area contributed by atoms with E-state index in [0.29, 0.717) is 0 Å². The molecule has 0 aliphatic carbocycles. The normalized spacial score (nSPS) is 6.00. The van der Waals surface area contributed by atoms with Gasteiger partial charge in [-0.05, 0) is 0 Å². The van der Waals surface area contributed by atoms with Crippen LogP contribution in [0, 0.1) is 0 Å². The first-order valence-electron chi connectivity index (χ1n) is 1.81. The molecule has 10 heavy (non-hydrogen) atoms. The minimum atomic E-state index is -1.83. The molecule has 0 rings (SSSR count). The maximum Gasteiger partial charge on any atom is 0.503 e. The van der Waals surface area contributed by atoms with Crippen molar-refractivity contribution in [3.8, 4) is 0 Å². The van der Waals surface area contributed by atoms with E-state index in [2.05, 4.69) is 23.4 Å². The van der Waals surface area contributed by atoms with Crippen LogP contribution in [0.2, 0.25) is 0 Å². The molecule has 0 aromatic rings. The molecular formula is CH12N6O3. The van der Waals surface area contributed by atoms with Gasteiger partial charge in [-0.15, -0.1) is 0 Å². The van der Waals surface area contributed by atoms with Crippen LogP contribution >= 0.6 is 0 Å². The average molecular weight is 156 g/mol. The van der Waals surface area contributed by atoms with Crippen molar-refractivity contribution in [2.45, 2.75) is 0 Å². The Morgan fingerprint density at radius 3 is 1.00 bits per heavy atom. The van der Waals surface area contributed by atoms with Gasteiger partial charge in [0.15, 0.2) is 0 Å². The molecule has 9 heteroatoms. The lowest BCUT2D eigenvalue weighted by molar-refractivity contribution is 0.137. The van der Waals surface area contributed by atoms with Crippen molar-refractivity contribution in [2.24, 2.45) is 23.4 Å². The SMILES string of the molecule is NNN.NNN.O=C(O)O. The molecule has 64 valence electrons. The molecule has 0 spiro atoms. The Kier molecular flexibility index (Phi) is 39.1. The fraction of sp³-hybridized carbons (Fsp3) is 0. The molecule has 0 saturated carbocycles. The zero-order chi connectivity index (χ0) is 8.99. The van der Waals surface area contributed by atoms with Crippen LogP contribution in [0.3, 0.4) is 0 Å². The van der Waals surface area contributed by atoms with Crippen LogP contribution in [-0.4, -0.2) is 16.4 Å². The van der Waals surface area contributed by atoms with Gasteiger partial charge in [0.05, 0.1) is 0 Å². The number of carboxylic acid groups (broad SMARTS) is 2. The molecule has 0 amide bonds. The van der Waals surface area contributed by atoms with Gasteiger partial charge in [-0.1, -0.05) is 0 Å². The van der Waals surface area contributed by atoms with Crippen molar-refractivity contribution >= 4 is 6.16 Å². The summed E-state index contributed by atoms with van der Waals surface area (Å²) in [5.41, 5.74) is 3.50. The molecule has 12 N–H and O–H groups in total. The number of nitrogens with one attached hydrogen (secondary N) is 2. The topological polar surface area (TPSA) is 186 Å². The summed E-state index contributed by atoms with van der Waals surface area (Å²) in [4.78, 5) is 8.56. The van der Waals surface area contributed by atoms with Gasteiger partial charge >= 0.3 is 6.16 Å². The fourth-order valence-corrected chi connectivity index (χ4v) is 0. The summed E-state index contributed by atoms with van der Waals surface area (Å²) >= 11 is 0. The van der Waals surface area contributed by atoms with E-state index < -0.39 is 6.16 Å². The van der Waals surface area contributed by atoms with E-state index in [1.54, 1.807) is 11.1 Å². The molecule has 0 atom stereocenters. The van der Waals surface area contributed by atoms with E-state index in [-0.39, 0.29) is 0 Å². The van der Waals surface area contributed by atoms with Crippen molar-refractivity contribution < 1.29 is 15.0 Å². The Labute approximate surface area is 56.8 Å². The summed E-state index contributed by atoms with van der Waals surface area (Å²) in [5, 5.41) is 13.9. The minimum absolute atomic E-state index is 1.75. The summed E-state index contributed by atoms with van der Waals surface area (Å²) < 4.78 is 0. The van der Waals surface area contributed by atoms with E-state index in [1.165, 1.54) is 0 Å². The van der Waals surface area contributed by atoms with Crippen LogP contribution in [0.5, 0.6) is 0 Å². The number of carbonyl (C=O) groups is 1. The zero-order valence-corrected chi connectivity index (χ0v) is 5.11. The lowest BCUT2D eigenvalue weighted by Crippen LogP contribution is -2.29. The number of hydrogen-bond acceptors (Lipinski definition) is 7. The molecule has 0 aliphatic heterocycles.